The van der Waals surface area contributed by atoms with E-state index in [9.17, 15) is 14.0 Å². The summed E-state index contributed by atoms with van der Waals surface area (Å²) in [6.07, 6.45) is 0. The van der Waals surface area contributed by atoms with Crippen LogP contribution >= 0.6 is 15.9 Å². The van der Waals surface area contributed by atoms with Gasteiger partial charge in [-0.1, -0.05) is 12.1 Å². The number of carbonyl (C=O) groups excluding carboxylic acids is 2. The summed E-state index contributed by atoms with van der Waals surface area (Å²) in [6.45, 7) is -0.428. The van der Waals surface area contributed by atoms with Crippen LogP contribution in [0.5, 0.6) is 5.75 Å². The first-order chi connectivity index (χ1) is 10.5. The fraction of sp³-hybridized carbons (Fsp3) is 0.125. The summed E-state index contributed by atoms with van der Waals surface area (Å²) in [5.41, 5.74) is 0.477. The lowest BCUT2D eigenvalue weighted by molar-refractivity contribution is 0.0473. The maximum Gasteiger partial charge on any atom is 0.339 e. The van der Waals surface area contributed by atoms with Gasteiger partial charge in [-0.15, -0.1) is 0 Å². The molecule has 0 radical (unpaired) electrons. The average molecular weight is 367 g/mol. The monoisotopic (exact) mass is 366 g/mol. The molecule has 0 N–H and O–H groups in total. The molecule has 0 aliphatic carbocycles. The van der Waals surface area contributed by atoms with E-state index in [0.717, 1.165) is 12.1 Å². The van der Waals surface area contributed by atoms with E-state index in [0.29, 0.717) is 11.3 Å². The first-order valence-corrected chi connectivity index (χ1v) is 7.10. The van der Waals surface area contributed by atoms with Gasteiger partial charge >= 0.3 is 5.97 Å². The molecular weight excluding hydrogens is 355 g/mol. The Morgan fingerprint density at radius 1 is 1.14 bits per heavy atom. The lowest BCUT2D eigenvalue weighted by atomic mass is 10.1. The van der Waals surface area contributed by atoms with Gasteiger partial charge in [0, 0.05) is 4.47 Å². The Morgan fingerprint density at radius 3 is 2.55 bits per heavy atom. The molecule has 0 aromatic heterocycles. The molecule has 0 atom stereocenters. The highest BCUT2D eigenvalue weighted by atomic mass is 79.9. The quantitative estimate of drug-likeness (QED) is 0.598. The molecule has 2 rings (SSSR count). The molecule has 0 saturated carbocycles. The van der Waals surface area contributed by atoms with E-state index < -0.39 is 18.4 Å². The van der Waals surface area contributed by atoms with Gasteiger partial charge in [-0.2, -0.15) is 0 Å². The summed E-state index contributed by atoms with van der Waals surface area (Å²) in [5.74, 6) is -1.17. The second kappa shape index (κ2) is 7.17. The molecule has 0 heterocycles. The van der Waals surface area contributed by atoms with Crippen molar-refractivity contribution in [3.05, 3.63) is 63.9 Å². The molecule has 22 heavy (non-hydrogen) atoms. The van der Waals surface area contributed by atoms with Crippen LogP contribution in [0.3, 0.4) is 0 Å². The Morgan fingerprint density at radius 2 is 1.86 bits per heavy atom. The van der Waals surface area contributed by atoms with Crippen LogP contribution in [0, 0.1) is 5.82 Å². The third kappa shape index (κ3) is 3.71. The standard InChI is InChI=1S/C16H12BrFO4/c1-21-15-5-3-2-4-12(15)14(19)9-22-16(20)11-7-6-10(18)8-13(11)17/h2-8H,9H2,1H3. The second-order valence-corrected chi connectivity index (χ2v) is 5.18. The molecule has 0 aliphatic heterocycles. The van der Waals surface area contributed by atoms with Crippen LogP contribution in [0.15, 0.2) is 46.9 Å². The van der Waals surface area contributed by atoms with E-state index in [2.05, 4.69) is 15.9 Å². The highest BCUT2D eigenvalue weighted by molar-refractivity contribution is 9.10. The number of esters is 1. The van der Waals surface area contributed by atoms with Crippen LogP contribution in [0.25, 0.3) is 0 Å². The van der Waals surface area contributed by atoms with E-state index in [4.69, 9.17) is 9.47 Å². The third-order valence-electron chi connectivity index (χ3n) is 2.89. The number of rotatable bonds is 5. The van der Waals surface area contributed by atoms with Crippen LogP contribution in [-0.2, 0) is 4.74 Å². The molecule has 2 aromatic carbocycles. The zero-order chi connectivity index (χ0) is 16.1. The van der Waals surface area contributed by atoms with Gasteiger partial charge in [0.05, 0.1) is 18.2 Å². The van der Waals surface area contributed by atoms with Crippen molar-refractivity contribution in [1.29, 1.82) is 0 Å². The fourth-order valence-electron chi connectivity index (χ4n) is 1.82. The smallest absolute Gasteiger partial charge is 0.339 e. The Bertz CT molecular complexity index is 715. The molecule has 0 unspecified atom stereocenters. The molecule has 6 heteroatoms. The number of hydrogen-bond acceptors (Lipinski definition) is 4. The second-order valence-electron chi connectivity index (χ2n) is 4.32. The number of ketones is 1. The molecule has 0 bridgehead atoms. The zero-order valence-electron chi connectivity index (χ0n) is 11.6. The van der Waals surface area contributed by atoms with Crippen molar-refractivity contribution < 1.29 is 23.5 Å². The van der Waals surface area contributed by atoms with E-state index in [-0.39, 0.29) is 15.8 Å². The summed E-state index contributed by atoms with van der Waals surface area (Å²) < 4.78 is 23.3. The van der Waals surface area contributed by atoms with Crippen molar-refractivity contribution in [2.24, 2.45) is 0 Å². The number of carbonyl (C=O) groups is 2. The fourth-order valence-corrected chi connectivity index (χ4v) is 2.33. The van der Waals surface area contributed by atoms with Gasteiger partial charge < -0.3 is 9.47 Å². The average Bonchev–Trinajstić information content (AvgIpc) is 2.52. The summed E-state index contributed by atoms with van der Waals surface area (Å²) in [6, 6.07) is 10.2. The van der Waals surface area contributed by atoms with Crippen LogP contribution in [0.2, 0.25) is 0 Å². The van der Waals surface area contributed by atoms with Crippen LogP contribution < -0.4 is 4.74 Å². The van der Waals surface area contributed by atoms with Crippen LogP contribution in [0.1, 0.15) is 20.7 Å². The van der Waals surface area contributed by atoms with Crippen molar-refractivity contribution in [3.8, 4) is 5.75 Å². The van der Waals surface area contributed by atoms with Gasteiger partial charge in [-0.05, 0) is 46.3 Å². The van der Waals surface area contributed by atoms with Crippen molar-refractivity contribution >= 4 is 27.7 Å². The van der Waals surface area contributed by atoms with Crippen molar-refractivity contribution in [2.75, 3.05) is 13.7 Å². The van der Waals surface area contributed by atoms with Crippen molar-refractivity contribution in [3.63, 3.8) is 0 Å². The molecule has 0 saturated heterocycles. The Kier molecular flexibility index (Phi) is 5.27. The van der Waals surface area contributed by atoms with Gasteiger partial charge in [0.2, 0.25) is 5.78 Å². The first kappa shape index (κ1) is 16.2. The normalized spacial score (nSPS) is 10.1. The molecule has 2 aromatic rings. The van der Waals surface area contributed by atoms with Crippen molar-refractivity contribution in [1.82, 2.24) is 0 Å². The molecule has 0 amide bonds. The van der Waals surface area contributed by atoms with E-state index in [1.165, 1.54) is 13.2 Å². The number of hydrogen-bond donors (Lipinski definition) is 0. The highest BCUT2D eigenvalue weighted by Gasteiger charge is 2.17. The van der Waals surface area contributed by atoms with Gasteiger partial charge in [0.25, 0.3) is 0 Å². The minimum atomic E-state index is -0.713. The number of para-hydroxylation sites is 1. The minimum Gasteiger partial charge on any atom is -0.496 e. The summed E-state index contributed by atoms with van der Waals surface area (Å²) in [5, 5.41) is 0. The molecular formula is C16H12BrFO4. The maximum atomic E-state index is 13.0. The summed E-state index contributed by atoms with van der Waals surface area (Å²) in [4.78, 5) is 24.0. The predicted octanol–water partition coefficient (Wildman–Crippen LogP) is 3.64. The Labute approximate surface area is 135 Å². The van der Waals surface area contributed by atoms with Crippen molar-refractivity contribution in [2.45, 2.75) is 0 Å². The molecule has 0 spiro atoms. The number of benzene rings is 2. The van der Waals surface area contributed by atoms with Gasteiger partial charge in [0.15, 0.2) is 6.61 Å². The molecule has 114 valence electrons. The topological polar surface area (TPSA) is 52.6 Å². The number of ether oxygens (including phenoxy) is 2. The third-order valence-corrected chi connectivity index (χ3v) is 3.55. The van der Waals surface area contributed by atoms with E-state index in [1.807, 2.05) is 0 Å². The lowest BCUT2D eigenvalue weighted by Crippen LogP contribution is -2.15. The Hall–Kier alpha value is -2.21. The number of Topliss-reactive ketones (excluding diaryl/α,β-unsaturated/α-hetero) is 1. The zero-order valence-corrected chi connectivity index (χ0v) is 13.2. The lowest BCUT2D eigenvalue weighted by Gasteiger charge is -2.08. The molecule has 4 nitrogen and oxygen atoms in total. The number of halogens is 2. The van der Waals surface area contributed by atoms with E-state index in [1.54, 1.807) is 24.3 Å². The minimum absolute atomic E-state index is 0.147. The molecule has 0 fully saturated rings. The van der Waals surface area contributed by atoms with Gasteiger partial charge in [-0.25, -0.2) is 9.18 Å². The highest BCUT2D eigenvalue weighted by Crippen LogP contribution is 2.20. The molecule has 0 aliphatic rings. The van der Waals surface area contributed by atoms with Crippen LogP contribution in [-0.4, -0.2) is 25.5 Å². The number of methoxy groups -OCH3 is 1. The van der Waals surface area contributed by atoms with Gasteiger partial charge in [-0.3, -0.25) is 4.79 Å². The van der Waals surface area contributed by atoms with E-state index >= 15 is 0 Å². The first-order valence-electron chi connectivity index (χ1n) is 6.31. The van der Waals surface area contributed by atoms with Crippen LogP contribution in [0.4, 0.5) is 4.39 Å². The summed E-state index contributed by atoms with van der Waals surface area (Å²) >= 11 is 3.08. The van der Waals surface area contributed by atoms with Gasteiger partial charge in [0.1, 0.15) is 11.6 Å². The predicted molar refractivity (Wildman–Crippen MR) is 81.7 cm³/mol. The maximum absolute atomic E-state index is 13.0. The SMILES string of the molecule is COc1ccccc1C(=O)COC(=O)c1ccc(F)cc1Br. The Balaban J connectivity index is 2.06. The largest absolute Gasteiger partial charge is 0.496 e. The summed E-state index contributed by atoms with van der Waals surface area (Å²) in [7, 11) is 1.45.